The summed E-state index contributed by atoms with van der Waals surface area (Å²) in [6.07, 6.45) is 7.67. The van der Waals surface area contributed by atoms with E-state index >= 15 is 0 Å². The standard InChI is InChI=1S/C14H24N4/c1-11(2)12-8-13(18-10-17-12)16-9-14(15)6-4-3-5-7-14/h8,10-11H,3-7,9,15H2,1-2H3,(H,16,17,18). The molecule has 3 N–H and O–H groups in total. The maximum Gasteiger partial charge on any atom is 0.129 e. The Kier molecular flexibility index (Phi) is 4.17. The van der Waals surface area contributed by atoms with Gasteiger partial charge in [-0.25, -0.2) is 9.97 Å². The van der Waals surface area contributed by atoms with Crippen LogP contribution in [0.15, 0.2) is 12.4 Å². The molecule has 0 aromatic carbocycles. The molecular weight excluding hydrogens is 224 g/mol. The Bertz CT molecular complexity index is 383. The van der Waals surface area contributed by atoms with Gasteiger partial charge in [0.1, 0.15) is 12.1 Å². The summed E-state index contributed by atoms with van der Waals surface area (Å²) in [5.74, 6) is 1.32. The maximum atomic E-state index is 6.40. The average molecular weight is 248 g/mol. The Balaban J connectivity index is 1.95. The lowest BCUT2D eigenvalue weighted by atomic mass is 9.82. The van der Waals surface area contributed by atoms with Crippen molar-refractivity contribution in [3.8, 4) is 0 Å². The van der Waals surface area contributed by atoms with E-state index in [1.54, 1.807) is 6.33 Å². The van der Waals surface area contributed by atoms with Crippen molar-refractivity contribution in [2.24, 2.45) is 5.73 Å². The lowest BCUT2D eigenvalue weighted by Gasteiger charge is -2.33. The van der Waals surface area contributed by atoms with Crippen LogP contribution < -0.4 is 11.1 Å². The molecule has 1 saturated carbocycles. The highest BCUT2D eigenvalue weighted by Crippen LogP contribution is 2.26. The molecule has 1 fully saturated rings. The highest BCUT2D eigenvalue weighted by Gasteiger charge is 2.27. The highest BCUT2D eigenvalue weighted by molar-refractivity contribution is 5.36. The minimum absolute atomic E-state index is 0.0544. The second kappa shape index (κ2) is 5.65. The molecule has 0 saturated heterocycles. The number of anilines is 1. The Hall–Kier alpha value is -1.16. The molecule has 1 aliphatic rings. The lowest BCUT2D eigenvalue weighted by molar-refractivity contribution is 0.311. The van der Waals surface area contributed by atoms with Gasteiger partial charge < -0.3 is 11.1 Å². The van der Waals surface area contributed by atoms with Gasteiger partial charge in [0.25, 0.3) is 0 Å². The van der Waals surface area contributed by atoms with Crippen molar-refractivity contribution in [1.29, 1.82) is 0 Å². The molecule has 0 spiro atoms. The molecule has 0 aliphatic heterocycles. The molecule has 0 radical (unpaired) electrons. The smallest absolute Gasteiger partial charge is 0.129 e. The zero-order chi connectivity index (χ0) is 13.0. The largest absolute Gasteiger partial charge is 0.368 e. The van der Waals surface area contributed by atoms with Crippen molar-refractivity contribution in [2.45, 2.75) is 57.4 Å². The van der Waals surface area contributed by atoms with Crippen LogP contribution in [0.3, 0.4) is 0 Å². The third-order valence-electron chi connectivity index (χ3n) is 3.75. The first kappa shape index (κ1) is 13.3. The van der Waals surface area contributed by atoms with E-state index in [2.05, 4.69) is 29.1 Å². The van der Waals surface area contributed by atoms with Crippen LogP contribution in [-0.2, 0) is 0 Å². The van der Waals surface area contributed by atoms with Crippen LogP contribution in [0, 0.1) is 0 Å². The van der Waals surface area contributed by atoms with Crippen LogP contribution in [0.1, 0.15) is 57.6 Å². The van der Waals surface area contributed by atoms with E-state index in [0.717, 1.165) is 30.9 Å². The molecule has 18 heavy (non-hydrogen) atoms. The predicted molar refractivity (Wildman–Crippen MR) is 74.6 cm³/mol. The fraction of sp³-hybridized carbons (Fsp3) is 0.714. The second-order valence-corrected chi connectivity index (χ2v) is 5.76. The Morgan fingerprint density at radius 2 is 2.00 bits per heavy atom. The fourth-order valence-electron chi connectivity index (χ4n) is 2.48. The molecule has 4 nitrogen and oxygen atoms in total. The van der Waals surface area contributed by atoms with Gasteiger partial charge in [0, 0.05) is 23.8 Å². The molecule has 0 atom stereocenters. The molecular formula is C14H24N4. The monoisotopic (exact) mass is 248 g/mol. The summed E-state index contributed by atoms with van der Waals surface area (Å²) >= 11 is 0. The van der Waals surface area contributed by atoms with Crippen molar-refractivity contribution in [1.82, 2.24) is 9.97 Å². The molecule has 0 amide bonds. The number of hydrogen-bond acceptors (Lipinski definition) is 4. The molecule has 1 aliphatic carbocycles. The van der Waals surface area contributed by atoms with Gasteiger partial charge in [-0.15, -0.1) is 0 Å². The number of nitrogens with two attached hydrogens (primary N) is 1. The Morgan fingerprint density at radius 3 is 2.67 bits per heavy atom. The van der Waals surface area contributed by atoms with Crippen LogP contribution in [0.5, 0.6) is 0 Å². The van der Waals surface area contributed by atoms with Crippen molar-refractivity contribution in [3.63, 3.8) is 0 Å². The quantitative estimate of drug-likeness (QED) is 0.860. The lowest BCUT2D eigenvalue weighted by Crippen LogP contribution is -2.47. The van der Waals surface area contributed by atoms with Gasteiger partial charge in [0.05, 0.1) is 0 Å². The third kappa shape index (κ3) is 3.42. The number of nitrogens with zero attached hydrogens (tertiary/aromatic N) is 2. The topological polar surface area (TPSA) is 63.8 Å². The molecule has 4 heteroatoms. The van der Waals surface area contributed by atoms with E-state index in [9.17, 15) is 0 Å². The van der Waals surface area contributed by atoms with E-state index in [1.807, 2.05) is 6.07 Å². The number of aromatic nitrogens is 2. The van der Waals surface area contributed by atoms with Crippen LogP contribution in [0.2, 0.25) is 0 Å². The van der Waals surface area contributed by atoms with Crippen LogP contribution in [-0.4, -0.2) is 22.1 Å². The number of rotatable bonds is 4. The molecule has 100 valence electrons. The van der Waals surface area contributed by atoms with E-state index in [4.69, 9.17) is 5.73 Å². The highest BCUT2D eigenvalue weighted by atomic mass is 15.0. The van der Waals surface area contributed by atoms with Crippen molar-refractivity contribution >= 4 is 5.82 Å². The number of hydrogen-bond donors (Lipinski definition) is 2. The molecule has 1 heterocycles. The summed E-state index contributed by atoms with van der Waals surface area (Å²) in [6, 6.07) is 2.02. The summed E-state index contributed by atoms with van der Waals surface area (Å²) < 4.78 is 0. The van der Waals surface area contributed by atoms with Gasteiger partial charge in [-0.05, 0) is 18.8 Å². The predicted octanol–water partition coefficient (Wildman–Crippen LogP) is 2.67. The van der Waals surface area contributed by atoms with E-state index in [1.165, 1.54) is 19.3 Å². The normalized spacial score (nSPS) is 18.9. The van der Waals surface area contributed by atoms with Crippen LogP contribution in [0.4, 0.5) is 5.82 Å². The molecule has 0 bridgehead atoms. The number of nitrogens with one attached hydrogen (secondary N) is 1. The minimum atomic E-state index is -0.0544. The SMILES string of the molecule is CC(C)c1cc(NCC2(N)CCCCC2)ncn1. The minimum Gasteiger partial charge on any atom is -0.368 e. The first-order chi connectivity index (χ1) is 8.59. The Morgan fingerprint density at radius 1 is 1.28 bits per heavy atom. The van der Waals surface area contributed by atoms with E-state index < -0.39 is 0 Å². The molecule has 1 aromatic rings. The summed E-state index contributed by atoms with van der Waals surface area (Å²) in [5, 5.41) is 3.37. The molecule has 0 unspecified atom stereocenters. The second-order valence-electron chi connectivity index (χ2n) is 5.76. The van der Waals surface area contributed by atoms with Gasteiger partial charge >= 0.3 is 0 Å². The third-order valence-corrected chi connectivity index (χ3v) is 3.75. The van der Waals surface area contributed by atoms with E-state index in [-0.39, 0.29) is 5.54 Å². The van der Waals surface area contributed by atoms with Gasteiger partial charge in [-0.3, -0.25) is 0 Å². The maximum absolute atomic E-state index is 6.40. The summed E-state index contributed by atoms with van der Waals surface area (Å²) in [4.78, 5) is 8.53. The van der Waals surface area contributed by atoms with Gasteiger partial charge in [-0.2, -0.15) is 0 Å². The average Bonchev–Trinajstić information content (AvgIpc) is 2.38. The van der Waals surface area contributed by atoms with Gasteiger partial charge in [0.15, 0.2) is 0 Å². The zero-order valence-electron chi connectivity index (χ0n) is 11.4. The summed E-state index contributed by atoms with van der Waals surface area (Å²) in [6.45, 7) is 5.08. The first-order valence-corrected chi connectivity index (χ1v) is 6.94. The van der Waals surface area contributed by atoms with Gasteiger partial charge in [0.2, 0.25) is 0 Å². The summed E-state index contributed by atoms with van der Waals surface area (Å²) in [7, 11) is 0. The Labute approximate surface area is 109 Å². The van der Waals surface area contributed by atoms with E-state index in [0.29, 0.717) is 5.92 Å². The van der Waals surface area contributed by atoms with Crippen molar-refractivity contribution in [2.75, 3.05) is 11.9 Å². The van der Waals surface area contributed by atoms with Crippen LogP contribution >= 0.6 is 0 Å². The summed E-state index contributed by atoms with van der Waals surface area (Å²) in [5.41, 5.74) is 7.42. The van der Waals surface area contributed by atoms with Crippen molar-refractivity contribution < 1.29 is 0 Å². The van der Waals surface area contributed by atoms with Crippen LogP contribution in [0.25, 0.3) is 0 Å². The van der Waals surface area contributed by atoms with Gasteiger partial charge in [-0.1, -0.05) is 33.1 Å². The molecule has 1 aromatic heterocycles. The first-order valence-electron chi connectivity index (χ1n) is 6.94. The fourth-order valence-corrected chi connectivity index (χ4v) is 2.48. The van der Waals surface area contributed by atoms with Crippen molar-refractivity contribution in [3.05, 3.63) is 18.1 Å². The molecule has 2 rings (SSSR count). The zero-order valence-corrected chi connectivity index (χ0v) is 11.4.